The van der Waals surface area contributed by atoms with Crippen molar-refractivity contribution < 1.29 is 14.1 Å². The molecule has 0 radical (unpaired) electrons. The number of likely N-dealkylation sites (N-methyl/N-ethyl adjacent to an activating group) is 1. The number of rotatable bonds is 8. The zero-order valence-electron chi connectivity index (χ0n) is 23.7. The number of carbonyl (C=O) groups is 1. The molecule has 4 heterocycles. The summed E-state index contributed by atoms with van der Waals surface area (Å²) in [5.41, 5.74) is 1.76. The second kappa shape index (κ2) is 11.7. The molecule has 3 fully saturated rings. The minimum absolute atomic E-state index is 0.000714. The van der Waals surface area contributed by atoms with E-state index >= 15 is 0 Å². The van der Waals surface area contributed by atoms with Gasteiger partial charge in [-0.1, -0.05) is 24.9 Å². The highest BCUT2D eigenvalue weighted by atomic mass is 16.5. The normalized spacial score (nSPS) is 27.6. The molecule has 1 N–H and O–H groups in total. The molecule has 2 saturated heterocycles. The van der Waals surface area contributed by atoms with Crippen molar-refractivity contribution in [3.05, 3.63) is 17.3 Å². The van der Waals surface area contributed by atoms with Crippen LogP contribution >= 0.6 is 0 Å². The van der Waals surface area contributed by atoms with Gasteiger partial charge in [0, 0.05) is 49.3 Å². The summed E-state index contributed by atoms with van der Waals surface area (Å²) in [7, 11) is 2.16. The molecular weight excluding hydrogens is 480 g/mol. The van der Waals surface area contributed by atoms with Crippen molar-refractivity contribution in [2.45, 2.75) is 109 Å². The molecule has 9 nitrogen and oxygen atoms in total. The average molecular weight is 525 g/mol. The lowest BCUT2D eigenvalue weighted by Gasteiger charge is -2.37. The van der Waals surface area contributed by atoms with Gasteiger partial charge in [-0.2, -0.15) is 4.98 Å². The minimum atomic E-state index is -0.186. The topological polar surface area (TPSA) is 96.6 Å². The number of ketones is 1. The van der Waals surface area contributed by atoms with Crippen LogP contribution in [0.2, 0.25) is 0 Å². The van der Waals surface area contributed by atoms with Crippen LogP contribution in [-0.4, -0.2) is 76.7 Å². The SMILES string of the molecule is CCCc1c(C2CCCCC2=O)noc1-c1nc(O[C@@H](C)C2CCCN2C)cc(N2CC(C)N[C@@H](C)C2)n1. The third-order valence-electron chi connectivity index (χ3n) is 8.40. The summed E-state index contributed by atoms with van der Waals surface area (Å²) in [6.45, 7) is 11.5. The average Bonchev–Trinajstić information content (AvgIpc) is 3.50. The van der Waals surface area contributed by atoms with E-state index in [0.29, 0.717) is 42.0 Å². The van der Waals surface area contributed by atoms with Crippen LogP contribution in [0.3, 0.4) is 0 Å². The van der Waals surface area contributed by atoms with Crippen LogP contribution in [0.4, 0.5) is 5.82 Å². The Morgan fingerprint density at radius 3 is 2.63 bits per heavy atom. The molecule has 3 unspecified atom stereocenters. The predicted octanol–water partition coefficient (Wildman–Crippen LogP) is 4.36. The molecule has 2 aliphatic heterocycles. The Balaban J connectivity index is 1.53. The van der Waals surface area contributed by atoms with Crippen LogP contribution < -0.4 is 15.0 Å². The van der Waals surface area contributed by atoms with Gasteiger partial charge < -0.3 is 19.5 Å². The first kappa shape index (κ1) is 27.1. The first-order valence-corrected chi connectivity index (χ1v) is 14.6. The highest BCUT2D eigenvalue weighted by Crippen LogP contribution is 2.37. The summed E-state index contributed by atoms with van der Waals surface area (Å²) < 4.78 is 12.5. The number of anilines is 1. The number of hydrogen-bond donors (Lipinski definition) is 1. The summed E-state index contributed by atoms with van der Waals surface area (Å²) in [6, 6.07) is 3.03. The van der Waals surface area contributed by atoms with Gasteiger partial charge in [-0.15, -0.1) is 0 Å². The van der Waals surface area contributed by atoms with E-state index < -0.39 is 0 Å². The number of ether oxygens (including phenoxy) is 1. The summed E-state index contributed by atoms with van der Waals surface area (Å²) in [6.07, 6.45) is 7.46. The van der Waals surface area contributed by atoms with Gasteiger partial charge in [0.2, 0.25) is 17.5 Å². The quantitative estimate of drug-likeness (QED) is 0.540. The van der Waals surface area contributed by atoms with Gasteiger partial charge in [-0.3, -0.25) is 9.69 Å². The molecule has 1 saturated carbocycles. The van der Waals surface area contributed by atoms with Crippen molar-refractivity contribution in [1.29, 1.82) is 0 Å². The fourth-order valence-electron chi connectivity index (χ4n) is 6.58. The van der Waals surface area contributed by atoms with E-state index in [1.807, 2.05) is 6.07 Å². The lowest BCUT2D eigenvalue weighted by molar-refractivity contribution is -0.122. The molecule has 9 heteroatoms. The van der Waals surface area contributed by atoms with E-state index in [-0.39, 0.29) is 17.8 Å². The summed E-state index contributed by atoms with van der Waals surface area (Å²) in [5.74, 6) is 2.56. The second-order valence-electron chi connectivity index (χ2n) is 11.7. The van der Waals surface area contributed by atoms with Gasteiger partial charge in [0.25, 0.3) is 0 Å². The van der Waals surface area contributed by atoms with Crippen molar-refractivity contribution in [3.63, 3.8) is 0 Å². The van der Waals surface area contributed by atoms with Gasteiger partial charge in [-0.05, 0) is 66.5 Å². The molecule has 2 aromatic rings. The molecule has 0 bridgehead atoms. The maximum atomic E-state index is 12.8. The molecule has 38 heavy (non-hydrogen) atoms. The fourth-order valence-corrected chi connectivity index (χ4v) is 6.58. The molecule has 0 spiro atoms. The van der Waals surface area contributed by atoms with Gasteiger partial charge in [0.05, 0.1) is 11.6 Å². The molecule has 0 amide bonds. The molecular formula is C29H44N6O3. The van der Waals surface area contributed by atoms with E-state index in [1.54, 1.807) is 0 Å². The lowest BCUT2D eigenvalue weighted by atomic mass is 9.83. The molecule has 5 rings (SSSR count). The Morgan fingerprint density at radius 1 is 1.16 bits per heavy atom. The third-order valence-corrected chi connectivity index (χ3v) is 8.40. The van der Waals surface area contributed by atoms with Crippen molar-refractivity contribution in [1.82, 2.24) is 25.3 Å². The van der Waals surface area contributed by atoms with Gasteiger partial charge in [0.15, 0.2) is 0 Å². The summed E-state index contributed by atoms with van der Waals surface area (Å²) in [4.78, 5) is 27.4. The predicted molar refractivity (Wildman–Crippen MR) is 148 cm³/mol. The Hall–Kier alpha value is -2.52. The number of carbonyl (C=O) groups excluding carboxylic acids is 1. The van der Waals surface area contributed by atoms with E-state index in [1.165, 1.54) is 6.42 Å². The second-order valence-corrected chi connectivity index (χ2v) is 11.7. The third kappa shape index (κ3) is 5.73. The molecule has 2 aromatic heterocycles. The standard InChI is InChI=1S/C29H44N6O3/c1-6-10-22-27(21-11-7-8-13-24(21)36)33-38-28(22)29-31-25(35-16-18(2)30-19(3)17-35)15-26(32-29)37-20(4)23-12-9-14-34(23)5/h15,18-21,23,30H,6-14,16-17H2,1-5H3/t18-,19?,20-,21?,23?/m0/s1. The number of aromatic nitrogens is 3. The number of Topliss-reactive ketones (excluding diaryl/α,β-unsaturated/α-hetero) is 1. The van der Waals surface area contributed by atoms with Crippen LogP contribution in [-0.2, 0) is 11.2 Å². The number of nitrogens with one attached hydrogen (secondary N) is 1. The van der Waals surface area contributed by atoms with E-state index in [0.717, 1.165) is 75.2 Å². The maximum Gasteiger partial charge on any atom is 0.219 e. The van der Waals surface area contributed by atoms with Crippen LogP contribution in [0, 0.1) is 0 Å². The van der Waals surface area contributed by atoms with E-state index in [9.17, 15) is 4.79 Å². The molecule has 5 atom stereocenters. The van der Waals surface area contributed by atoms with Crippen LogP contribution in [0.15, 0.2) is 10.6 Å². The van der Waals surface area contributed by atoms with Gasteiger partial charge in [0.1, 0.15) is 17.7 Å². The number of hydrogen-bond acceptors (Lipinski definition) is 9. The van der Waals surface area contributed by atoms with Crippen molar-refractivity contribution in [2.75, 3.05) is 31.6 Å². The van der Waals surface area contributed by atoms with Crippen LogP contribution in [0.25, 0.3) is 11.6 Å². The first-order chi connectivity index (χ1) is 18.3. The lowest BCUT2D eigenvalue weighted by Crippen LogP contribution is -2.54. The van der Waals surface area contributed by atoms with Gasteiger partial charge >= 0.3 is 0 Å². The number of likely N-dealkylation sites (tertiary alicyclic amines) is 1. The van der Waals surface area contributed by atoms with Crippen molar-refractivity contribution in [2.24, 2.45) is 0 Å². The molecule has 1 aliphatic carbocycles. The van der Waals surface area contributed by atoms with Crippen LogP contribution in [0.1, 0.15) is 89.8 Å². The Labute approximate surface area is 226 Å². The van der Waals surface area contributed by atoms with Gasteiger partial charge in [-0.25, -0.2) is 4.98 Å². The van der Waals surface area contributed by atoms with E-state index in [4.69, 9.17) is 19.2 Å². The summed E-state index contributed by atoms with van der Waals surface area (Å²) in [5, 5.41) is 8.07. The highest BCUT2D eigenvalue weighted by molar-refractivity contribution is 5.86. The fraction of sp³-hybridized carbons (Fsp3) is 0.724. The van der Waals surface area contributed by atoms with Crippen molar-refractivity contribution in [3.8, 4) is 17.5 Å². The zero-order valence-corrected chi connectivity index (χ0v) is 23.7. The number of piperazine rings is 1. The van der Waals surface area contributed by atoms with Crippen molar-refractivity contribution >= 4 is 11.6 Å². The first-order valence-electron chi connectivity index (χ1n) is 14.6. The van der Waals surface area contributed by atoms with E-state index in [2.05, 4.69) is 55.0 Å². The highest BCUT2D eigenvalue weighted by Gasteiger charge is 2.33. The number of nitrogens with zero attached hydrogens (tertiary/aromatic N) is 5. The molecule has 208 valence electrons. The molecule has 0 aromatic carbocycles. The molecule has 3 aliphatic rings. The Bertz CT molecular complexity index is 1110. The Kier molecular flexibility index (Phi) is 8.33. The van der Waals surface area contributed by atoms with Crippen LogP contribution in [0.5, 0.6) is 5.88 Å². The summed E-state index contributed by atoms with van der Waals surface area (Å²) >= 11 is 0. The minimum Gasteiger partial charge on any atom is -0.473 e. The largest absolute Gasteiger partial charge is 0.473 e. The smallest absolute Gasteiger partial charge is 0.219 e. The Morgan fingerprint density at radius 2 is 1.95 bits per heavy atom. The maximum absolute atomic E-state index is 12.8. The monoisotopic (exact) mass is 524 g/mol. The zero-order chi connectivity index (χ0) is 26.8.